The summed E-state index contributed by atoms with van der Waals surface area (Å²) in [5.74, 6) is -3.16. The smallest absolute Gasteiger partial charge is 0.303 e. The minimum absolute atomic E-state index is 0.0314. The number of carboxylic acid groups (broad SMARTS) is 1. The van der Waals surface area contributed by atoms with Crippen molar-refractivity contribution in [3.8, 4) is 0 Å². The summed E-state index contributed by atoms with van der Waals surface area (Å²) < 4.78 is 29.6. The molecule has 1 unspecified atom stereocenters. The van der Waals surface area contributed by atoms with Crippen LogP contribution in [0.15, 0.2) is 34.8 Å². The van der Waals surface area contributed by atoms with E-state index in [-0.39, 0.29) is 24.9 Å². The summed E-state index contributed by atoms with van der Waals surface area (Å²) in [6, 6.07) is 7.39. The van der Waals surface area contributed by atoms with E-state index in [0.29, 0.717) is 16.5 Å². The predicted molar refractivity (Wildman–Crippen MR) is 139 cm³/mol. The Labute approximate surface area is 220 Å². The normalized spacial score (nSPS) is 14.3. The van der Waals surface area contributed by atoms with Gasteiger partial charge in [-0.3, -0.25) is 9.59 Å². The number of rotatable bonds is 8. The minimum atomic E-state index is -1.09. The molecule has 6 nitrogen and oxygen atoms in total. The van der Waals surface area contributed by atoms with E-state index >= 15 is 0 Å². The number of benzene rings is 2. The Morgan fingerprint density at radius 3 is 2.58 bits per heavy atom. The zero-order valence-corrected chi connectivity index (χ0v) is 21.9. The largest absolute Gasteiger partial charge is 0.481 e. The van der Waals surface area contributed by atoms with E-state index in [1.807, 2.05) is 25.1 Å². The van der Waals surface area contributed by atoms with Gasteiger partial charge >= 0.3 is 5.97 Å². The predicted octanol–water partition coefficient (Wildman–Crippen LogP) is 6.22. The molecule has 1 saturated heterocycles. The highest BCUT2D eigenvalue weighted by atomic mass is 79.9. The maximum atomic E-state index is 14.7. The van der Waals surface area contributed by atoms with Crippen molar-refractivity contribution >= 4 is 56.1 Å². The van der Waals surface area contributed by atoms with Crippen LogP contribution in [0.25, 0.3) is 10.9 Å². The lowest BCUT2D eigenvalue weighted by Crippen LogP contribution is -2.31. The number of aliphatic carboxylic acids is 1. The molecule has 36 heavy (non-hydrogen) atoms. The van der Waals surface area contributed by atoms with Gasteiger partial charge in [-0.05, 0) is 56.5 Å². The summed E-state index contributed by atoms with van der Waals surface area (Å²) in [4.78, 5) is 31.8. The van der Waals surface area contributed by atoms with Crippen LogP contribution in [-0.4, -0.2) is 41.6 Å². The number of hydrogen-bond acceptors (Lipinski definition) is 4. The first-order chi connectivity index (χ1) is 17.2. The van der Waals surface area contributed by atoms with E-state index < -0.39 is 34.5 Å². The second-order valence-electron chi connectivity index (χ2n) is 8.89. The molecule has 2 N–H and O–H groups in total. The average Bonchev–Trinajstić information content (AvgIpc) is 3.37. The van der Waals surface area contributed by atoms with E-state index in [9.17, 15) is 18.4 Å². The molecule has 1 aliphatic rings. The second-order valence-corrected chi connectivity index (χ2v) is 10.2. The van der Waals surface area contributed by atoms with E-state index in [1.165, 1.54) is 0 Å². The van der Waals surface area contributed by atoms with Gasteiger partial charge in [-0.1, -0.05) is 27.5 Å². The maximum Gasteiger partial charge on any atom is 0.303 e. The number of carboxylic acids is 1. The minimum Gasteiger partial charge on any atom is -0.481 e. The van der Waals surface area contributed by atoms with E-state index in [0.717, 1.165) is 53.9 Å². The Morgan fingerprint density at radius 2 is 1.89 bits per heavy atom. The Hall–Kier alpha value is -2.78. The van der Waals surface area contributed by atoms with E-state index in [2.05, 4.69) is 26.1 Å². The summed E-state index contributed by atoms with van der Waals surface area (Å²) in [6.07, 6.45) is 1.77. The van der Waals surface area contributed by atoms with Crippen LogP contribution in [0.2, 0.25) is 5.02 Å². The summed E-state index contributed by atoms with van der Waals surface area (Å²) >= 11 is 9.52. The number of anilines is 1. The summed E-state index contributed by atoms with van der Waals surface area (Å²) in [7, 11) is 0. The average molecular weight is 581 g/mol. The van der Waals surface area contributed by atoms with Crippen LogP contribution >= 0.6 is 27.5 Å². The lowest BCUT2D eigenvalue weighted by molar-refractivity contribution is -0.137. The number of amides is 1. The number of aromatic nitrogens is 1. The van der Waals surface area contributed by atoms with Crippen LogP contribution in [0.4, 0.5) is 14.6 Å². The molecule has 1 amide bonds. The highest BCUT2D eigenvalue weighted by Crippen LogP contribution is 2.34. The molecule has 0 aliphatic carbocycles. The van der Waals surface area contributed by atoms with Gasteiger partial charge in [0.15, 0.2) is 0 Å². The van der Waals surface area contributed by atoms with E-state index in [4.69, 9.17) is 21.7 Å². The van der Waals surface area contributed by atoms with Crippen LogP contribution in [0, 0.1) is 18.6 Å². The molecule has 1 atom stereocenters. The van der Waals surface area contributed by atoms with E-state index in [1.54, 1.807) is 0 Å². The number of carbonyl (C=O) groups excluding carboxylic acids is 1. The third kappa shape index (κ3) is 5.47. The standard InChI is InChI=1S/C26H25BrClF2N3O3/c1-14-22(17-12-16(27)5-8-20(17)32-25(14)33-10-2-3-11-33)26(36)31-13-15(4-9-21(34)35)23-18(29)6-7-19(30)24(23)28/h5-8,12,15H,2-4,9-11,13H2,1H3,(H,31,36)(H,34,35). The fourth-order valence-electron chi connectivity index (χ4n) is 4.71. The van der Waals surface area contributed by atoms with Crippen molar-refractivity contribution in [2.24, 2.45) is 0 Å². The molecule has 2 aromatic carbocycles. The summed E-state index contributed by atoms with van der Waals surface area (Å²) in [5, 5.41) is 12.2. The molecule has 3 aromatic rings. The van der Waals surface area contributed by atoms with Gasteiger partial charge < -0.3 is 15.3 Å². The topological polar surface area (TPSA) is 82.5 Å². The van der Waals surface area contributed by atoms with Crippen LogP contribution in [0.3, 0.4) is 0 Å². The monoisotopic (exact) mass is 579 g/mol. The van der Waals surface area contributed by atoms with Crippen LogP contribution in [0.1, 0.15) is 53.1 Å². The SMILES string of the molecule is Cc1c(N2CCCC2)nc2ccc(Br)cc2c1C(=O)NCC(CCC(=O)O)c1c(F)ccc(F)c1Cl. The third-order valence-electron chi connectivity index (χ3n) is 6.50. The molecule has 0 radical (unpaired) electrons. The number of carbonyl (C=O) groups is 2. The zero-order chi connectivity index (χ0) is 26.0. The number of hydrogen-bond donors (Lipinski definition) is 2. The molecule has 1 aliphatic heterocycles. The quantitative estimate of drug-likeness (QED) is 0.309. The highest BCUT2D eigenvalue weighted by molar-refractivity contribution is 9.10. The van der Waals surface area contributed by atoms with Crippen LogP contribution in [-0.2, 0) is 4.79 Å². The molecule has 1 fully saturated rings. The first-order valence-electron chi connectivity index (χ1n) is 11.7. The lowest BCUT2D eigenvalue weighted by Gasteiger charge is -2.23. The first-order valence-corrected chi connectivity index (χ1v) is 12.8. The number of nitrogens with one attached hydrogen (secondary N) is 1. The van der Waals surface area contributed by atoms with Crippen LogP contribution in [0.5, 0.6) is 0 Å². The van der Waals surface area contributed by atoms with Crippen molar-refractivity contribution in [1.82, 2.24) is 10.3 Å². The van der Waals surface area contributed by atoms with Crippen LogP contribution < -0.4 is 10.2 Å². The first kappa shape index (κ1) is 26.3. The molecule has 1 aromatic heterocycles. The molecule has 190 valence electrons. The molecular formula is C26H25BrClF2N3O3. The molecule has 4 rings (SSSR count). The number of pyridine rings is 1. The second kappa shape index (κ2) is 11.1. The molecule has 0 spiro atoms. The summed E-state index contributed by atoms with van der Waals surface area (Å²) in [5.41, 5.74) is 1.68. The third-order valence-corrected chi connectivity index (χ3v) is 7.38. The van der Waals surface area contributed by atoms with Gasteiger partial charge in [0.2, 0.25) is 0 Å². The van der Waals surface area contributed by atoms with Crippen molar-refractivity contribution < 1.29 is 23.5 Å². The van der Waals surface area contributed by atoms with Gasteiger partial charge in [0.05, 0.1) is 16.1 Å². The Bertz CT molecular complexity index is 1330. The van der Waals surface area contributed by atoms with Gasteiger partial charge in [-0.2, -0.15) is 0 Å². The fraction of sp³-hybridized carbons (Fsp3) is 0.346. The van der Waals surface area contributed by atoms with Gasteiger partial charge in [0.25, 0.3) is 5.91 Å². The number of halogens is 4. The van der Waals surface area contributed by atoms with Gasteiger partial charge in [0.1, 0.15) is 17.5 Å². The van der Waals surface area contributed by atoms with Crippen molar-refractivity contribution in [2.75, 3.05) is 24.5 Å². The summed E-state index contributed by atoms with van der Waals surface area (Å²) in [6.45, 7) is 3.43. The van der Waals surface area contributed by atoms with Crippen molar-refractivity contribution in [1.29, 1.82) is 0 Å². The Balaban J connectivity index is 1.70. The maximum absolute atomic E-state index is 14.7. The molecule has 2 heterocycles. The van der Waals surface area contributed by atoms with Gasteiger partial charge in [-0.15, -0.1) is 0 Å². The lowest BCUT2D eigenvalue weighted by atomic mass is 9.93. The molecular weight excluding hydrogens is 556 g/mol. The van der Waals surface area contributed by atoms with Crippen molar-refractivity contribution in [2.45, 2.75) is 38.5 Å². The molecule has 0 bridgehead atoms. The van der Waals surface area contributed by atoms with Crippen molar-refractivity contribution in [3.63, 3.8) is 0 Å². The molecule has 0 saturated carbocycles. The Morgan fingerprint density at radius 1 is 1.19 bits per heavy atom. The number of nitrogens with zero attached hydrogens (tertiary/aromatic N) is 2. The molecule has 10 heteroatoms. The highest BCUT2D eigenvalue weighted by Gasteiger charge is 2.26. The van der Waals surface area contributed by atoms with Gasteiger partial charge in [0, 0.05) is 53.0 Å². The zero-order valence-electron chi connectivity index (χ0n) is 19.6. The number of fused-ring (bicyclic) bond motifs is 1. The Kier molecular flexibility index (Phi) is 8.10. The van der Waals surface area contributed by atoms with Crippen molar-refractivity contribution in [3.05, 3.63) is 68.2 Å². The van der Waals surface area contributed by atoms with Gasteiger partial charge in [-0.25, -0.2) is 13.8 Å². The fourth-order valence-corrected chi connectivity index (χ4v) is 5.38.